The molecular formula is C19H21BrClN5O. The molecule has 0 atom stereocenters. The van der Waals surface area contributed by atoms with E-state index in [2.05, 4.69) is 36.7 Å². The van der Waals surface area contributed by atoms with Crippen molar-refractivity contribution in [1.82, 2.24) is 20.4 Å². The number of carbonyl (C=O) groups is 1. The Balaban J connectivity index is 1.91. The molecular weight excluding hydrogens is 430 g/mol. The minimum atomic E-state index is -0.136. The zero-order valence-corrected chi connectivity index (χ0v) is 17.7. The molecule has 1 fully saturated rings. The number of nitrogens with zero attached hydrogens (tertiary/aromatic N) is 3. The summed E-state index contributed by atoms with van der Waals surface area (Å²) in [5.41, 5.74) is 3.16. The van der Waals surface area contributed by atoms with Gasteiger partial charge in [-0.25, -0.2) is 4.68 Å². The minimum absolute atomic E-state index is 0.136. The number of benzene rings is 1. The van der Waals surface area contributed by atoms with Crippen LogP contribution in [0.4, 0.5) is 0 Å². The lowest BCUT2D eigenvalue weighted by molar-refractivity contribution is 0.0951. The second kappa shape index (κ2) is 8.27. The predicted molar refractivity (Wildman–Crippen MR) is 113 cm³/mol. The summed E-state index contributed by atoms with van der Waals surface area (Å²) in [5.74, 6) is 0.539. The molecule has 27 heavy (non-hydrogen) atoms. The quantitative estimate of drug-likeness (QED) is 0.537. The van der Waals surface area contributed by atoms with E-state index in [1.807, 2.05) is 26.2 Å². The molecule has 1 saturated carbocycles. The van der Waals surface area contributed by atoms with E-state index >= 15 is 0 Å². The maximum atomic E-state index is 12.4. The third kappa shape index (κ3) is 4.42. The van der Waals surface area contributed by atoms with Crippen molar-refractivity contribution in [2.24, 2.45) is 4.99 Å². The van der Waals surface area contributed by atoms with Crippen molar-refractivity contribution < 1.29 is 4.79 Å². The molecule has 1 amide bonds. The van der Waals surface area contributed by atoms with Gasteiger partial charge < -0.3 is 10.6 Å². The molecule has 8 heteroatoms. The van der Waals surface area contributed by atoms with Crippen molar-refractivity contribution in [2.45, 2.75) is 25.8 Å². The molecule has 1 aromatic carbocycles. The summed E-state index contributed by atoms with van der Waals surface area (Å²) in [5, 5.41) is 10.9. The third-order valence-electron chi connectivity index (χ3n) is 4.37. The van der Waals surface area contributed by atoms with Crippen LogP contribution < -0.4 is 10.6 Å². The fourth-order valence-electron chi connectivity index (χ4n) is 2.54. The van der Waals surface area contributed by atoms with Gasteiger partial charge in [-0.05, 0) is 53.4 Å². The lowest BCUT2D eigenvalue weighted by Crippen LogP contribution is -2.25. The molecule has 0 bridgehead atoms. The van der Waals surface area contributed by atoms with Gasteiger partial charge in [-0.15, -0.1) is 0 Å². The largest absolute Gasteiger partial charge is 0.391 e. The molecule has 1 heterocycles. The third-order valence-corrected chi connectivity index (χ3v) is 5.65. The lowest BCUT2D eigenvalue weighted by Gasteiger charge is -2.09. The van der Waals surface area contributed by atoms with Crippen LogP contribution in [0.3, 0.4) is 0 Å². The van der Waals surface area contributed by atoms with Gasteiger partial charge in [0.05, 0.1) is 21.3 Å². The number of hydrogen-bond donors (Lipinski definition) is 2. The highest BCUT2D eigenvalue weighted by Gasteiger charge is 2.25. The molecule has 1 aliphatic carbocycles. The zero-order valence-electron chi connectivity index (χ0n) is 15.4. The van der Waals surface area contributed by atoms with Crippen LogP contribution in [0.1, 0.15) is 30.1 Å². The summed E-state index contributed by atoms with van der Waals surface area (Å²) in [6, 6.07) is 5.70. The van der Waals surface area contributed by atoms with Gasteiger partial charge in [-0.3, -0.25) is 9.79 Å². The summed E-state index contributed by atoms with van der Waals surface area (Å²) < 4.78 is 2.52. The summed E-state index contributed by atoms with van der Waals surface area (Å²) in [6.45, 7) is 1.95. The average Bonchev–Trinajstić information content (AvgIpc) is 3.35. The number of allylic oxidation sites excluding steroid dienone is 2. The Morgan fingerprint density at radius 1 is 1.37 bits per heavy atom. The van der Waals surface area contributed by atoms with E-state index in [1.165, 1.54) is 0 Å². The average molecular weight is 451 g/mol. The van der Waals surface area contributed by atoms with Crippen molar-refractivity contribution in [2.75, 3.05) is 14.1 Å². The standard InChI is InChI=1S/C19H21BrClN5O/c1-11(22-2)17(20)18(23-3)26-10-13(9-24-26)12-4-7-16(21)15(8-12)19(27)25-14-5-6-14/h4,7-10,14,22H,5-6H2,1-3H3,(H,25,27). The van der Waals surface area contributed by atoms with E-state index in [1.54, 1.807) is 30.1 Å². The van der Waals surface area contributed by atoms with Crippen LogP contribution in [0.25, 0.3) is 11.1 Å². The molecule has 2 aromatic rings. The van der Waals surface area contributed by atoms with Crippen molar-refractivity contribution in [3.05, 3.63) is 51.4 Å². The molecule has 0 saturated heterocycles. The van der Waals surface area contributed by atoms with Crippen molar-refractivity contribution in [3.8, 4) is 11.1 Å². The second-order valence-corrected chi connectivity index (χ2v) is 7.55. The fourth-order valence-corrected chi connectivity index (χ4v) is 3.30. The van der Waals surface area contributed by atoms with E-state index in [0.717, 1.165) is 34.1 Å². The van der Waals surface area contributed by atoms with Gasteiger partial charge in [-0.1, -0.05) is 17.7 Å². The van der Waals surface area contributed by atoms with E-state index in [9.17, 15) is 4.79 Å². The van der Waals surface area contributed by atoms with Crippen LogP contribution in [-0.4, -0.2) is 41.7 Å². The van der Waals surface area contributed by atoms with Crippen molar-refractivity contribution in [3.63, 3.8) is 0 Å². The molecule has 3 rings (SSSR count). The SMILES string of the molecule is CN=C(C(Br)=C(C)NC)n1cc(-c2ccc(Cl)c(C(=O)NC3CC3)c2)cn1. The van der Waals surface area contributed by atoms with Gasteiger partial charge >= 0.3 is 0 Å². The number of aliphatic imine (C=N–C) groups is 1. The van der Waals surface area contributed by atoms with Crippen molar-refractivity contribution in [1.29, 1.82) is 0 Å². The first-order chi connectivity index (χ1) is 12.9. The highest BCUT2D eigenvalue weighted by atomic mass is 79.9. The highest BCUT2D eigenvalue weighted by molar-refractivity contribution is 9.12. The number of carbonyl (C=O) groups excluding carboxylic acids is 1. The van der Waals surface area contributed by atoms with Gasteiger partial charge in [0.25, 0.3) is 5.91 Å². The normalized spacial score (nSPS) is 15.4. The number of halogens is 2. The van der Waals surface area contributed by atoms with E-state index < -0.39 is 0 Å². The summed E-state index contributed by atoms with van der Waals surface area (Å²) in [6.07, 6.45) is 5.68. The fraction of sp³-hybridized carbons (Fsp3) is 0.316. The molecule has 0 spiro atoms. The Labute approximate surface area is 171 Å². The predicted octanol–water partition coefficient (Wildman–Crippen LogP) is 3.82. The molecule has 0 radical (unpaired) electrons. The van der Waals surface area contributed by atoms with Gasteiger partial charge in [0.15, 0.2) is 5.84 Å². The number of hydrogen-bond acceptors (Lipinski definition) is 4. The first-order valence-corrected chi connectivity index (χ1v) is 9.78. The van der Waals surface area contributed by atoms with Crippen LogP contribution >= 0.6 is 27.5 Å². The summed E-state index contributed by atoms with van der Waals surface area (Å²) in [7, 11) is 3.56. The Morgan fingerprint density at radius 2 is 2.11 bits per heavy atom. The van der Waals surface area contributed by atoms with E-state index in [-0.39, 0.29) is 11.9 Å². The number of nitrogens with one attached hydrogen (secondary N) is 2. The number of aromatic nitrogens is 2. The first-order valence-electron chi connectivity index (χ1n) is 8.61. The van der Waals surface area contributed by atoms with Crippen LogP contribution in [-0.2, 0) is 0 Å². The van der Waals surface area contributed by atoms with Gasteiger partial charge in [0.1, 0.15) is 0 Å². The minimum Gasteiger partial charge on any atom is -0.391 e. The van der Waals surface area contributed by atoms with Crippen molar-refractivity contribution >= 4 is 39.3 Å². The van der Waals surface area contributed by atoms with Gasteiger partial charge in [0.2, 0.25) is 0 Å². The Bertz CT molecular complexity index is 930. The smallest absolute Gasteiger partial charge is 0.253 e. The summed E-state index contributed by atoms with van der Waals surface area (Å²) >= 11 is 9.79. The van der Waals surface area contributed by atoms with Gasteiger partial charge in [0, 0.05) is 37.6 Å². The molecule has 0 aliphatic heterocycles. The Kier molecular flexibility index (Phi) is 6.01. The molecule has 142 valence electrons. The number of rotatable bonds is 5. The molecule has 1 aromatic heterocycles. The summed E-state index contributed by atoms with van der Waals surface area (Å²) in [4.78, 5) is 16.7. The van der Waals surface area contributed by atoms with Crippen LogP contribution in [0.2, 0.25) is 5.02 Å². The molecule has 6 nitrogen and oxygen atoms in total. The maximum Gasteiger partial charge on any atom is 0.253 e. The number of amides is 1. The Hall–Kier alpha value is -2.12. The highest BCUT2D eigenvalue weighted by Crippen LogP contribution is 2.27. The van der Waals surface area contributed by atoms with Crippen LogP contribution in [0, 0.1) is 0 Å². The lowest BCUT2D eigenvalue weighted by atomic mass is 10.1. The molecule has 2 N–H and O–H groups in total. The van der Waals surface area contributed by atoms with E-state index in [0.29, 0.717) is 16.4 Å². The maximum absolute atomic E-state index is 12.4. The van der Waals surface area contributed by atoms with Crippen LogP contribution in [0.15, 0.2) is 45.8 Å². The second-order valence-electron chi connectivity index (χ2n) is 6.35. The van der Waals surface area contributed by atoms with Gasteiger partial charge in [-0.2, -0.15) is 5.10 Å². The zero-order chi connectivity index (χ0) is 19.6. The first kappa shape index (κ1) is 19.6. The van der Waals surface area contributed by atoms with Crippen LogP contribution in [0.5, 0.6) is 0 Å². The monoisotopic (exact) mass is 449 g/mol. The van der Waals surface area contributed by atoms with E-state index in [4.69, 9.17) is 11.6 Å². The molecule has 0 unspecified atom stereocenters. The Morgan fingerprint density at radius 3 is 2.74 bits per heavy atom. The topological polar surface area (TPSA) is 71.3 Å². The molecule has 1 aliphatic rings.